The van der Waals surface area contributed by atoms with E-state index in [9.17, 15) is 0 Å². The van der Waals surface area contributed by atoms with Crippen LogP contribution in [0.2, 0.25) is 13.1 Å². The smallest absolute Gasteiger partial charge is 0.0114 e. The number of hydrogen-bond donors (Lipinski definition) is 0. The maximum atomic E-state index is 3.56. The Bertz CT molecular complexity index is 2660. The summed E-state index contributed by atoms with van der Waals surface area (Å²) in [5.74, 6) is 0.527. The van der Waals surface area contributed by atoms with E-state index in [1.165, 1.54) is 88.2 Å². The van der Waals surface area contributed by atoms with E-state index in [4.69, 9.17) is 0 Å². The van der Waals surface area contributed by atoms with Gasteiger partial charge < -0.3 is 29.7 Å². The van der Waals surface area contributed by atoms with Gasteiger partial charge in [0, 0.05) is 11.7 Å². The Morgan fingerprint density at radius 3 is 1.84 bits per heavy atom. The SMILES string of the molecule is CC(C)C1=[C-]C2=CC(C)N(c3ccc(C(C)(C)C)cc3)C2=C1.C[Si](C)=[Zr+2].Cc1cc2c(-c3cccc4ccccc34)cc(-c3cccc4ccccc34)cc2[cH-]1.[Cl-].[Cl-]. The predicted octanol–water partition coefficient (Wildman–Crippen LogP) is 8.70. The summed E-state index contributed by atoms with van der Waals surface area (Å²) < 4.78 is 0. The Morgan fingerprint density at radius 2 is 1.26 bits per heavy atom. The van der Waals surface area contributed by atoms with E-state index in [2.05, 4.69) is 218 Å². The third kappa shape index (κ3) is 9.77. The third-order valence-corrected chi connectivity index (χ3v) is 10.7. The Morgan fingerprint density at radius 1 is 0.707 bits per heavy atom. The largest absolute Gasteiger partial charge is 1.00 e. The van der Waals surface area contributed by atoms with E-state index in [0.717, 1.165) is 0 Å². The average molecular weight is 894 g/mol. The van der Waals surface area contributed by atoms with Crippen LogP contribution >= 0.6 is 0 Å². The van der Waals surface area contributed by atoms with Crippen molar-refractivity contribution in [1.29, 1.82) is 0 Å². The van der Waals surface area contributed by atoms with E-state index in [0.29, 0.717) is 12.0 Å². The van der Waals surface area contributed by atoms with Gasteiger partial charge in [-0.2, -0.15) is 6.07 Å². The van der Waals surface area contributed by atoms with Crippen LogP contribution in [0.25, 0.3) is 54.6 Å². The van der Waals surface area contributed by atoms with Gasteiger partial charge in [-0.1, -0.05) is 161 Å². The molecular formula is C53H53Cl2NSiZr-2. The molecule has 0 N–H and O–H groups in total. The average Bonchev–Trinajstić information content (AvgIpc) is 3.85. The summed E-state index contributed by atoms with van der Waals surface area (Å²) >= 11 is 1.74. The van der Waals surface area contributed by atoms with Gasteiger partial charge in [0.25, 0.3) is 0 Å². The Kier molecular flexibility index (Phi) is 14.8. The van der Waals surface area contributed by atoms with Gasteiger partial charge in [-0.25, -0.2) is 0 Å². The normalized spacial score (nSPS) is 14.4. The summed E-state index contributed by atoms with van der Waals surface area (Å²) in [5.41, 5.74) is 13.4. The zero-order chi connectivity index (χ0) is 39.7. The van der Waals surface area contributed by atoms with Crippen molar-refractivity contribution in [3.05, 3.63) is 180 Å². The van der Waals surface area contributed by atoms with E-state index in [1.807, 2.05) is 0 Å². The van der Waals surface area contributed by atoms with Gasteiger partial charge in [0.15, 0.2) is 0 Å². The van der Waals surface area contributed by atoms with Crippen LogP contribution in [0, 0.1) is 18.9 Å². The van der Waals surface area contributed by atoms with Gasteiger partial charge in [-0.05, 0) is 68.6 Å². The first-order chi connectivity index (χ1) is 26.8. The van der Waals surface area contributed by atoms with Crippen LogP contribution in [0.5, 0.6) is 0 Å². The molecule has 1 atom stereocenters. The van der Waals surface area contributed by atoms with Gasteiger partial charge >= 0.3 is 41.9 Å². The summed E-state index contributed by atoms with van der Waals surface area (Å²) in [6, 6.07) is 49.3. The first kappa shape index (κ1) is 45.2. The van der Waals surface area contributed by atoms with Crippen molar-refractivity contribution in [1.82, 2.24) is 0 Å². The summed E-state index contributed by atoms with van der Waals surface area (Å²) in [5, 5.41) is 7.79. The first-order valence-electron chi connectivity index (χ1n) is 19.9. The molecule has 294 valence electrons. The van der Waals surface area contributed by atoms with Crippen LogP contribution in [0.1, 0.15) is 52.7 Å². The fourth-order valence-corrected chi connectivity index (χ4v) is 7.94. The molecule has 1 unspecified atom stereocenters. The zero-order valence-corrected chi connectivity index (χ0v) is 40.2. The second-order valence-corrected chi connectivity index (χ2v) is 26.2. The molecule has 0 spiro atoms. The molecule has 0 saturated carbocycles. The van der Waals surface area contributed by atoms with Gasteiger partial charge in [0.2, 0.25) is 0 Å². The second-order valence-electron chi connectivity index (χ2n) is 16.9. The molecule has 0 radical (unpaired) electrons. The summed E-state index contributed by atoms with van der Waals surface area (Å²) in [7, 11) is 0. The monoisotopic (exact) mass is 891 g/mol. The molecule has 1 aliphatic carbocycles. The minimum atomic E-state index is 0. The van der Waals surface area contributed by atoms with Crippen LogP contribution in [0.15, 0.2) is 162 Å². The number of aryl methyl sites for hydroxylation is 1. The molecule has 0 amide bonds. The number of allylic oxidation sites excluding steroid dienone is 3. The number of halogens is 2. The zero-order valence-electron chi connectivity index (χ0n) is 35.2. The van der Waals surface area contributed by atoms with Crippen LogP contribution in [-0.4, -0.2) is 11.5 Å². The number of nitrogens with zero attached hydrogens (tertiary/aromatic N) is 1. The standard InChI is InChI=1S/C30H21.C21H26N.C2H6Si.2ClH.Zr/c1-20-16-23-18-24(27-14-6-10-21-8-2-4-12-25(21)27)19-30(29(23)17-20)28-15-7-11-22-9-3-5-13-26(22)28;1-14(2)16-12-17-11-15(3)22(20(17)13-16)19-9-7-18(8-10-19)21(4,5)6;1-3-2;;;/h2-19H,1H3;7-11,13-15H,1-6H3;1-2H3;2*1H;/q2*-1;;;;+2/p-2. The molecule has 2 aliphatic rings. The van der Waals surface area contributed by atoms with Crippen LogP contribution in [0.4, 0.5) is 5.69 Å². The number of rotatable bonds is 4. The minimum absolute atomic E-state index is 0. The molecule has 0 saturated heterocycles. The van der Waals surface area contributed by atoms with E-state index in [-0.39, 0.29) is 35.7 Å². The quantitative estimate of drug-likeness (QED) is 0.126. The molecule has 0 fully saturated rings. The molecule has 0 bridgehead atoms. The second kappa shape index (κ2) is 19.0. The van der Waals surface area contributed by atoms with Gasteiger partial charge in [0.05, 0.1) is 0 Å². The van der Waals surface area contributed by atoms with Crippen molar-refractivity contribution in [2.24, 2.45) is 5.92 Å². The van der Waals surface area contributed by atoms with E-state index >= 15 is 0 Å². The molecule has 0 aromatic heterocycles. The van der Waals surface area contributed by atoms with Crippen molar-refractivity contribution in [3.63, 3.8) is 0 Å². The van der Waals surface area contributed by atoms with E-state index in [1.54, 1.807) is 23.3 Å². The van der Waals surface area contributed by atoms with E-state index < -0.39 is 0 Å². The van der Waals surface area contributed by atoms with Gasteiger partial charge in [-0.3, -0.25) is 0 Å². The number of hydrogen-bond acceptors (Lipinski definition) is 1. The van der Waals surface area contributed by atoms with Gasteiger partial charge in [-0.15, -0.1) is 57.8 Å². The molecule has 7 aromatic carbocycles. The Labute approximate surface area is 374 Å². The van der Waals surface area contributed by atoms with Crippen molar-refractivity contribution < 1.29 is 48.1 Å². The number of anilines is 1. The predicted molar refractivity (Wildman–Crippen MR) is 242 cm³/mol. The first-order valence-corrected chi connectivity index (χ1v) is 26.1. The summed E-state index contributed by atoms with van der Waals surface area (Å²) in [6.45, 7) is 20.3. The number of benzene rings is 6. The molecular weight excluding hydrogens is 841 g/mol. The Hall–Kier alpha value is -3.85. The van der Waals surface area contributed by atoms with Crippen LogP contribution in [0.3, 0.4) is 0 Å². The third-order valence-electron chi connectivity index (χ3n) is 10.7. The fourth-order valence-electron chi connectivity index (χ4n) is 7.94. The maximum absolute atomic E-state index is 3.56. The summed E-state index contributed by atoms with van der Waals surface area (Å²) in [4.78, 5) is 2.42. The van der Waals surface area contributed by atoms with Crippen molar-refractivity contribution in [2.45, 2.75) is 73.0 Å². The van der Waals surface area contributed by atoms with Gasteiger partial charge in [0.1, 0.15) is 0 Å². The Balaban J connectivity index is 0.000000204. The summed E-state index contributed by atoms with van der Waals surface area (Å²) in [6.07, 6.45) is 8.18. The van der Waals surface area contributed by atoms with Crippen LogP contribution < -0.4 is 29.7 Å². The fraction of sp³-hybridized carbons (Fsp3) is 0.226. The van der Waals surface area contributed by atoms with Crippen molar-refractivity contribution in [3.8, 4) is 22.3 Å². The molecule has 1 aliphatic heterocycles. The molecule has 58 heavy (non-hydrogen) atoms. The maximum Gasteiger partial charge on any atom is -0.0114 e. The molecule has 7 aromatic rings. The number of fused-ring (bicyclic) bond motifs is 4. The topological polar surface area (TPSA) is 3.24 Å². The molecule has 1 nitrogen and oxygen atoms in total. The van der Waals surface area contributed by atoms with Crippen molar-refractivity contribution in [2.75, 3.05) is 4.90 Å². The molecule has 5 heteroatoms. The van der Waals surface area contributed by atoms with Crippen LogP contribution in [-0.2, 0) is 28.8 Å². The van der Waals surface area contributed by atoms with Crippen molar-refractivity contribution >= 4 is 43.4 Å². The molecule has 1 heterocycles. The molecule has 9 rings (SSSR count). The minimum Gasteiger partial charge on any atom is -1.00 e.